The van der Waals surface area contributed by atoms with Crippen LogP contribution in [0.15, 0.2) is 48.5 Å². The fourth-order valence-corrected chi connectivity index (χ4v) is 3.53. The zero-order valence-corrected chi connectivity index (χ0v) is 16.6. The Morgan fingerprint density at radius 1 is 1.07 bits per heavy atom. The van der Waals surface area contributed by atoms with Gasteiger partial charge < -0.3 is 15.1 Å². The number of carbonyl (C=O) groups excluding carboxylic acids is 2. The van der Waals surface area contributed by atoms with Gasteiger partial charge in [-0.05, 0) is 25.1 Å². The van der Waals surface area contributed by atoms with E-state index in [1.807, 2.05) is 4.90 Å². The van der Waals surface area contributed by atoms with Crippen molar-refractivity contribution in [3.05, 3.63) is 69.2 Å². The number of halogens is 1. The number of nitrogens with zero attached hydrogens (tertiary/aromatic N) is 3. The monoisotopic (exact) mass is 416 g/mol. The maximum atomic E-state index is 12.7. The van der Waals surface area contributed by atoms with Crippen LogP contribution in [-0.4, -0.2) is 53.9 Å². The molecule has 1 saturated heterocycles. The van der Waals surface area contributed by atoms with Crippen molar-refractivity contribution < 1.29 is 14.5 Å². The molecule has 1 fully saturated rings. The Morgan fingerprint density at radius 2 is 1.69 bits per heavy atom. The Morgan fingerprint density at radius 3 is 2.34 bits per heavy atom. The van der Waals surface area contributed by atoms with E-state index in [1.165, 1.54) is 6.07 Å². The molecule has 1 aliphatic heterocycles. The van der Waals surface area contributed by atoms with E-state index >= 15 is 0 Å². The number of nitro groups is 1. The molecule has 2 aromatic carbocycles. The third kappa shape index (κ3) is 4.65. The van der Waals surface area contributed by atoms with E-state index in [0.717, 1.165) is 0 Å². The van der Waals surface area contributed by atoms with Crippen molar-refractivity contribution in [3.8, 4) is 0 Å². The van der Waals surface area contributed by atoms with E-state index < -0.39 is 16.9 Å². The number of nitro benzene ring substituents is 1. The molecule has 152 valence electrons. The number of anilines is 1. The van der Waals surface area contributed by atoms with Crippen molar-refractivity contribution in [3.63, 3.8) is 0 Å². The van der Waals surface area contributed by atoms with Crippen molar-refractivity contribution in [2.75, 3.05) is 31.1 Å². The van der Waals surface area contributed by atoms with Crippen LogP contribution in [0.3, 0.4) is 0 Å². The number of para-hydroxylation sites is 2. The topological polar surface area (TPSA) is 95.8 Å². The number of rotatable bonds is 5. The fourth-order valence-electron chi connectivity index (χ4n) is 3.31. The number of carbonyl (C=O) groups is 2. The number of piperazine rings is 1. The first kappa shape index (κ1) is 20.6. The summed E-state index contributed by atoms with van der Waals surface area (Å²) in [5.74, 6) is -0.609. The van der Waals surface area contributed by atoms with Crippen LogP contribution in [0, 0.1) is 10.1 Å². The number of benzene rings is 2. The fraction of sp³-hybridized carbons (Fsp3) is 0.300. The van der Waals surface area contributed by atoms with Gasteiger partial charge in [0, 0.05) is 32.2 Å². The lowest BCUT2D eigenvalue weighted by Gasteiger charge is -2.37. The molecule has 1 aliphatic rings. The molecule has 0 bridgehead atoms. The van der Waals surface area contributed by atoms with Crippen LogP contribution < -0.4 is 10.2 Å². The molecule has 0 radical (unpaired) electrons. The van der Waals surface area contributed by atoms with Gasteiger partial charge in [-0.2, -0.15) is 0 Å². The van der Waals surface area contributed by atoms with Gasteiger partial charge in [0.05, 0.1) is 15.5 Å². The van der Waals surface area contributed by atoms with Gasteiger partial charge in [-0.15, -0.1) is 0 Å². The van der Waals surface area contributed by atoms with Crippen LogP contribution in [0.1, 0.15) is 17.3 Å². The molecule has 0 saturated carbocycles. The Hall–Kier alpha value is -3.13. The van der Waals surface area contributed by atoms with Crippen LogP contribution >= 0.6 is 11.6 Å². The minimum absolute atomic E-state index is 0.0487. The minimum Gasteiger partial charge on any atom is -0.362 e. The van der Waals surface area contributed by atoms with Gasteiger partial charge in [0.2, 0.25) is 5.91 Å². The molecule has 0 aromatic heterocycles. The normalized spacial score (nSPS) is 15.0. The lowest BCUT2D eigenvalue weighted by Crippen LogP contribution is -2.54. The minimum atomic E-state index is -0.712. The average Bonchev–Trinajstić information content (AvgIpc) is 2.73. The summed E-state index contributed by atoms with van der Waals surface area (Å²) in [5, 5.41) is 14.2. The molecule has 29 heavy (non-hydrogen) atoms. The van der Waals surface area contributed by atoms with Gasteiger partial charge in [-0.25, -0.2) is 0 Å². The second-order valence-electron chi connectivity index (χ2n) is 6.73. The largest absolute Gasteiger partial charge is 0.362 e. The molecule has 1 N–H and O–H groups in total. The lowest BCUT2D eigenvalue weighted by atomic mass is 10.1. The quantitative estimate of drug-likeness (QED) is 0.597. The lowest BCUT2D eigenvalue weighted by molar-refractivity contribution is -0.384. The molecule has 0 spiro atoms. The first-order valence-corrected chi connectivity index (χ1v) is 9.59. The van der Waals surface area contributed by atoms with Crippen LogP contribution in [0.2, 0.25) is 5.02 Å². The van der Waals surface area contributed by atoms with Crippen molar-refractivity contribution in [1.82, 2.24) is 10.2 Å². The molecule has 2 amide bonds. The zero-order chi connectivity index (χ0) is 21.0. The molecular weight excluding hydrogens is 396 g/mol. The maximum absolute atomic E-state index is 12.7. The predicted molar refractivity (Wildman–Crippen MR) is 110 cm³/mol. The molecule has 1 heterocycles. The van der Waals surface area contributed by atoms with E-state index in [1.54, 1.807) is 54.3 Å². The van der Waals surface area contributed by atoms with Crippen molar-refractivity contribution in [2.24, 2.45) is 0 Å². The van der Waals surface area contributed by atoms with E-state index in [4.69, 9.17) is 11.6 Å². The third-order valence-electron chi connectivity index (χ3n) is 4.85. The molecule has 2 aromatic rings. The zero-order valence-electron chi connectivity index (χ0n) is 15.9. The van der Waals surface area contributed by atoms with Gasteiger partial charge >= 0.3 is 0 Å². The van der Waals surface area contributed by atoms with E-state index in [-0.39, 0.29) is 11.6 Å². The SMILES string of the molecule is CC(NC(=O)c1ccccc1Cl)C(=O)N1CCN(c2ccccc2[N+](=O)[O-])CC1. The smallest absolute Gasteiger partial charge is 0.292 e. The van der Waals surface area contributed by atoms with E-state index in [9.17, 15) is 19.7 Å². The number of amides is 2. The summed E-state index contributed by atoms with van der Waals surface area (Å²) in [6, 6.07) is 12.5. The van der Waals surface area contributed by atoms with Crippen molar-refractivity contribution in [1.29, 1.82) is 0 Å². The van der Waals surface area contributed by atoms with Gasteiger partial charge in [0.1, 0.15) is 11.7 Å². The van der Waals surface area contributed by atoms with Crippen LogP contribution in [0.4, 0.5) is 11.4 Å². The molecule has 3 rings (SSSR count). The Bertz CT molecular complexity index is 928. The highest BCUT2D eigenvalue weighted by atomic mass is 35.5. The van der Waals surface area contributed by atoms with Gasteiger partial charge in [-0.1, -0.05) is 35.9 Å². The summed E-state index contributed by atoms with van der Waals surface area (Å²) >= 11 is 6.03. The summed E-state index contributed by atoms with van der Waals surface area (Å²) in [6.07, 6.45) is 0. The number of hydrogen-bond donors (Lipinski definition) is 1. The Labute approximate surface area is 173 Å². The molecule has 1 unspecified atom stereocenters. The highest BCUT2D eigenvalue weighted by molar-refractivity contribution is 6.33. The molecule has 9 heteroatoms. The van der Waals surface area contributed by atoms with Crippen molar-refractivity contribution in [2.45, 2.75) is 13.0 Å². The summed E-state index contributed by atoms with van der Waals surface area (Å²) < 4.78 is 0. The highest BCUT2D eigenvalue weighted by Gasteiger charge is 2.28. The van der Waals surface area contributed by atoms with Crippen LogP contribution in [0.5, 0.6) is 0 Å². The van der Waals surface area contributed by atoms with Crippen LogP contribution in [0.25, 0.3) is 0 Å². The second kappa shape index (κ2) is 8.91. The number of nitrogens with one attached hydrogen (secondary N) is 1. The van der Waals surface area contributed by atoms with Gasteiger partial charge in [-0.3, -0.25) is 19.7 Å². The summed E-state index contributed by atoms with van der Waals surface area (Å²) in [4.78, 5) is 39.5. The number of hydrogen-bond acceptors (Lipinski definition) is 5. The molecule has 1 atom stereocenters. The Balaban J connectivity index is 1.59. The standard InChI is InChI=1S/C20H21ClN4O4/c1-14(22-19(26)15-6-2-3-7-16(15)21)20(27)24-12-10-23(11-13-24)17-8-4-5-9-18(17)25(28)29/h2-9,14H,10-13H2,1H3,(H,22,26). The highest BCUT2D eigenvalue weighted by Crippen LogP contribution is 2.28. The first-order chi connectivity index (χ1) is 13.9. The summed E-state index contributed by atoms with van der Waals surface area (Å²) in [6.45, 7) is 3.41. The molecular formula is C20H21ClN4O4. The summed E-state index contributed by atoms with van der Waals surface area (Å²) in [5.41, 5.74) is 0.910. The molecule has 0 aliphatic carbocycles. The predicted octanol–water partition coefficient (Wildman–Crippen LogP) is 2.72. The summed E-state index contributed by atoms with van der Waals surface area (Å²) in [7, 11) is 0. The van der Waals surface area contributed by atoms with Crippen molar-refractivity contribution >= 4 is 34.8 Å². The average molecular weight is 417 g/mol. The van der Waals surface area contributed by atoms with Crippen LogP contribution in [-0.2, 0) is 4.79 Å². The first-order valence-electron chi connectivity index (χ1n) is 9.21. The van der Waals surface area contributed by atoms with E-state index in [2.05, 4.69) is 5.32 Å². The molecule has 8 nitrogen and oxygen atoms in total. The van der Waals surface area contributed by atoms with E-state index in [0.29, 0.717) is 42.5 Å². The second-order valence-corrected chi connectivity index (χ2v) is 7.14. The maximum Gasteiger partial charge on any atom is 0.292 e. The Kier molecular flexibility index (Phi) is 6.33. The van der Waals surface area contributed by atoms with Gasteiger partial charge in [0.25, 0.3) is 11.6 Å². The third-order valence-corrected chi connectivity index (χ3v) is 5.18. The van der Waals surface area contributed by atoms with Gasteiger partial charge in [0.15, 0.2) is 0 Å².